The first-order chi connectivity index (χ1) is 11.1. The molecule has 3 rings (SSSR count). The van der Waals surface area contributed by atoms with Crippen LogP contribution in [0.3, 0.4) is 0 Å². The van der Waals surface area contributed by atoms with Gasteiger partial charge in [0.2, 0.25) is 0 Å². The molecule has 2 aromatic rings. The summed E-state index contributed by atoms with van der Waals surface area (Å²) in [4.78, 5) is 26.9. The Kier molecular flexibility index (Phi) is 4.01. The summed E-state index contributed by atoms with van der Waals surface area (Å²) in [6.45, 7) is 3.88. The van der Waals surface area contributed by atoms with Crippen molar-refractivity contribution in [3.05, 3.63) is 64.2 Å². The van der Waals surface area contributed by atoms with Gasteiger partial charge in [0, 0.05) is 0 Å². The number of imide groups is 1. The van der Waals surface area contributed by atoms with E-state index in [9.17, 15) is 14.7 Å². The summed E-state index contributed by atoms with van der Waals surface area (Å²) < 4.78 is 0. The van der Waals surface area contributed by atoms with Gasteiger partial charge in [0.25, 0.3) is 11.8 Å². The van der Waals surface area contributed by atoms with E-state index in [2.05, 4.69) is 0 Å². The fraction of sp³-hybridized carbons (Fsp3) is 0.263. The van der Waals surface area contributed by atoms with E-state index in [4.69, 9.17) is 0 Å². The predicted molar refractivity (Wildman–Crippen MR) is 88.7 cm³/mol. The van der Waals surface area contributed by atoms with Crippen LogP contribution < -0.4 is 4.90 Å². The van der Waals surface area contributed by atoms with Crippen molar-refractivity contribution < 1.29 is 14.7 Å². The molecule has 1 aliphatic heterocycles. The summed E-state index contributed by atoms with van der Waals surface area (Å²) in [6.07, 6.45) is 1.50. The molecule has 4 nitrogen and oxygen atoms in total. The van der Waals surface area contributed by atoms with Gasteiger partial charge in [-0.1, -0.05) is 38.1 Å². The summed E-state index contributed by atoms with van der Waals surface area (Å²) in [5.41, 5.74) is 4.10. The minimum atomic E-state index is -0.309. The Labute approximate surface area is 135 Å². The molecule has 1 heterocycles. The molecule has 0 radical (unpaired) electrons. The van der Waals surface area contributed by atoms with Crippen LogP contribution in [0, 0.1) is 0 Å². The summed E-state index contributed by atoms with van der Waals surface area (Å²) in [7, 11) is 0. The normalized spacial score (nSPS) is 13.6. The largest absolute Gasteiger partial charge is 0.392 e. The zero-order chi connectivity index (χ0) is 16.6. The van der Waals surface area contributed by atoms with Crippen molar-refractivity contribution in [3.63, 3.8) is 0 Å². The number of para-hydroxylation sites is 1. The second-order valence-electron chi connectivity index (χ2n) is 5.62. The molecule has 1 N–H and O–H groups in total. The molecule has 1 aliphatic rings. The molecule has 0 aromatic heterocycles. The van der Waals surface area contributed by atoms with E-state index in [0.717, 1.165) is 24.0 Å². The molecule has 2 aromatic carbocycles. The van der Waals surface area contributed by atoms with Crippen molar-refractivity contribution in [1.82, 2.24) is 0 Å². The average molecular weight is 309 g/mol. The smallest absolute Gasteiger partial charge is 0.266 e. The molecule has 2 amide bonds. The van der Waals surface area contributed by atoms with Crippen molar-refractivity contribution in [2.24, 2.45) is 0 Å². The zero-order valence-corrected chi connectivity index (χ0v) is 13.3. The molecule has 0 saturated heterocycles. The lowest BCUT2D eigenvalue weighted by molar-refractivity contribution is 0.0925. The van der Waals surface area contributed by atoms with Crippen molar-refractivity contribution >= 4 is 17.5 Å². The van der Waals surface area contributed by atoms with Gasteiger partial charge >= 0.3 is 0 Å². The quantitative estimate of drug-likeness (QED) is 0.883. The highest BCUT2D eigenvalue weighted by Crippen LogP contribution is 2.34. The van der Waals surface area contributed by atoms with Crippen LogP contribution in [-0.2, 0) is 19.4 Å². The van der Waals surface area contributed by atoms with E-state index < -0.39 is 0 Å². The van der Waals surface area contributed by atoms with E-state index in [1.54, 1.807) is 18.2 Å². The summed E-state index contributed by atoms with van der Waals surface area (Å²) >= 11 is 0. The van der Waals surface area contributed by atoms with Crippen LogP contribution in [0.5, 0.6) is 0 Å². The predicted octanol–water partition coefficient (Wildman–Crippen LogP) is 3.10. The number of nitrogens with zero attached hydrogens (tertiary/aromatic N) is 1. The number of hydrogen-bond acceptors (Lipinski definition) is 3. The Morgan fingerprint density at radius 2 is 1.52 bits per heavy atom. The Morgan fingerprint density at radius 1 is 0.913 bits per heavy atom. The van der Waals surface area contributed by atoms with E-state index >= 15 is 0 Å². The SMILES string of the molecule is CCc1cccc(CC)c1N1C(=O)c2ccc(CO)cc2C1=O. The maximum atomic E-state index is 12.8. The molecule has 4 heteroatoms. The second kappa shape index (κ2) is 5.97. The fourth-order valence-electron chi connectivity index (χ4n) is 3.09. The van der Waals surface area contributed by atoms with Crippen LogP contribution in [0.25, 0.3) is 0 Å². The summed E-state index contributed by atoms with van der Waals surface area (Å²) in [6, 6.07) is 10.8. The zero-order valence-electron chi connectivity index (χ0n) is 13.3. The minimum Gasteiger partial charge on any atom is -0.392 e. The van der Waals surface area contributed by atoms with E-state index in [-0.39, 0.29) is 18.4 Å². The number of hydrogen-bond donors (Lipinski definition) is 1. The number of anilines is 1. The summed E-state index contributed by atoms with van der Waals surface area (Å²) in [5, 5.41) is 9.26. The first-order valence-corrected chi connectivity index (χ1v) is 7.85. The second-order valence-corrected chi connectivity index (χ2v) is 5.62. The molecular formula is C19H19NO3. The molecular weight excluding hydrogens is 290 g/mol. The minimum absolute atomic E-state index is 0.152. The van der Waals surface area contributed by atoms with Crippen LogP contribution >= 0.6 is 0 Å². The molecule has 0 unspecified atom stereocenters. The van der Waals surface area contributed by atoms with Crippen molar-refractivity contribution in [3.8, 4) is 0 Å². The molecule has 0 spiro atoms. The van der Waals surface area contributed by atoms with Gasteiger partial charge in [0.05, 0.1) is 23.4 Å². The average Bonchev–Trinajstić information content (AvgIpc) is 2.84. The third-order valence-electron chi connectivity index (χ3n) is 4.32. The number of carbonyl (C=O) groups excluding carboxylic acids is 2. The number of aliphatic hydroxyl groups excluding tert-OH is 1. The Hall–Kier alpha value is -2.46. The number of benzene rings is 2. The number of fused-ring (bicyclic) bond motifs is 1. The molecule has 118 valence electrons. The van der Waals surface area contributed by atoms with Crippen LogP contribution in [-0.4, -0.2) is 16.9 Å². The lowest BCUT2D eigenvalue weighted by Crippen LogP contribution is -2.31. The van der Waals surface area contributed by atoms with Gasteiger partial charge in [-0.3, -0.25) is 9.59 Å². The monoisotopic (exact) mass is 309 g/mol. The van der Waals surface area contributed by atoms with Gasteiger partial charge in [-0.25, -0.2) is 4.90 Å². The van der Waals surface area contributed by atoms with Gasteiger partial charge in [0.1, 0.15) is 0 Å². The Balaban J connectivity index is 2.17. The third kappa shape index (κ3) is 2.35. The van der Waals surface area contributed by atoms with Crippen molar-refractivity contribution in [2.45, 2.75) is 33.3 Å². The fourth-order valence-corrected chi connectivity index (χ4v) is 3.09. The van der Waals surface area contributed by atoms with Gasteiger partial charge < -0.3 is 5.11 Å². The number of rotatable bonds is 4. The maximum Gasteiger partial charge on any atom is 0.266 e. The van der Waals surface area contributed by atoms with Crippen molar-refractivity contribution in [2.75, 3.05) is 4.90 Å². The van der Waals surface area contributed by atoms with Crippen molar-refractivity contribution in [1.29, 1.82) is 0 Å². The molecule has 0 bridgehead atoms. The number of carbonyl (C=O) groups is 2. The van der Waals surface area contributed by atoms with Crippen LogP contribution in [0.4, 0.5) is 5.69 Å². The molecule has 0 fully saturated rings. The number of amides is 2. The Bertz CT molecular complexity index is 773. The molecule has 23 heavy (non-hydrogen) atoms. The summed E-state index contributed by atoms with van der Waals surface area (Å²) in [5.74, 6) is -0.596. The van der Waals surface area contributed by atoms with E-state index in [0.29, 0.717) is 22.4 Å². The first kappa shape index (κ1) is 15.4. The van der Waals surface area contributed by atoms with Crippen LogP contribution in [0.1, 0.15) is 51.3 Å². The first-order valence-electron chi connectivity index (χ1n) is 7.85. The van der Waals surface area contributed by atoms with Crippen LogP contribution in [0.15, 0.2) is 36.4 Å². The lowest BCUT2D eigenvalue weighted by Gasteiger charge is -2.21. The van der Waals surface area contributed by atoms with Gasteiger partial charge in [-0.15, -0.1) is 0 Å². The number of aliphatic hydroxyl groups is 1. The van der Waals surface area contributed by atoms with Gasteiger partial charge in [0.15, 0.2) is 0 Å². The topological polar surface area (TPSA) is 57.6 Å². The van der Waals surface area contributed by atoms with E-state index in [1.807, 2.05) is 32.0 Å². The Morgan fingerprint density at radius 3 is 2.09 bits per heavy atom. The number of aryl methyl sites for hydroxylation is 2. The highest BCUT2D eigenvalue weighted by atomic mass is 16.3. The third-order valence-corrected chi connectivity index (χ3v) is 4.32. The molecule has 0 saturated carbocycles. The van der Waals surface area contributed by atoms with Crippen LogP contribution in [0.2, 0.25) is 0 Å². The standard InChI is InChI=1S/C19H19NO3/c1-3-13-6-5-7-14(4-2)17(13)20-18(22)15-9-8-12(11-21)10-16(15)19(20)23/h5-10,21H,3-4,11H2,1-2H3. The maximum absolute atomic E-state index is 12.8. The van der Waals surface area contributed by atoms with Gasteiger partial charge in [-0.2, -0.15) is 0 Å². The van der Waals surface area contributed by atoms with Gasteiger partial charge in [-0.05, 0) is 41.7 Å². The van der Waals surface area contributed by atoms with E-state index in [1.165, 1.54) is 4.90 Å². The molecule has 0 atom stereocenters. The lowest BCUT2D eigenvalue weighted by atomic mass is 10.0. The molecule has 0 aliphatic carbocycles. The highest BCUT2D eigenvalue weighted by molar-refractivity contribution is 6.34. The highest BCUT2D eigenvalue weighted by Gasteiger charge is 2.38.